The fraction of sp³-hybridized carbons (Fsp3) is 0.857. The average molecular weight is 408 g/mol. The van der Waals surface area contributed by atoms with Gasteiger partial charge in [-0.25, -0.2) is 0 Å². The number of hydrogen-bond donors (Lipinski definition) is 0. The molecule has 0 N–H and O–H groups in total. The molecule has 125 valence electrons. The third-order valence-electron chi connectivity index (χ3n) is 2.49. The summed E-state index contributed by atoms with van der Waals surface area (Å²) in [4.78, 5) is 4.15. The van der Waals surface area contributed by atoms with Crippen LogP contribution in [-0.2, 0) is 42.3 Å². The molecule has 0 rings (SSSR count). The minimum Gasteiger partial charge on any atom is -0.411 e. The number of thiocarbonyl (C=S) groups is 2. The van der Waals surface area contributed by atoms with Gasteiger partial charge in [0.25, 0.3) is 0 Å². The average Bonchev–Trinajstić information content (AvgIpc) is 2.38. The predicted octanol–water partition coefficient (Wildman–Crippen LogP) is 3.88. The summed E-state index contributed by atoms with van der Waals surface area (Å²) in [6.45, 7) is 12.6. The monoisotopic (exact) mass is 407 g/mol. The van der Waals surface area contributed by atoms with Crippen LogP contribution in [0.2, 0.25) is 0 Å². The van der Waals surface area contributed by atoms with Crippen LogP contribution in [0.5, 0.6) is 0 Å². The fourth-order valence-corrected chi connectivity index (χ4v) is 2.40. The molecule has 0 saturated heterocycles. The van der Waals surface area contributed by atoms with E-state index in [1.165, 1.54) is 0 Å². The van der Waals surface area contributed by atoms with Crippen molar-refractivity contribution in [2.24, 2.45) is 0 Å². The summed E-state index contributed by atoms with van der Waals surface area (Å²) >= 11 is 19.6. The summed E-state index contributed by atoms with van der Waals surface area (Å²) < 4.78 is 1.23. The summed E-state index contributed by atoms with van der Waals surface area (Å²) in [5, 5.41) is 0. The van der Waals surface area contributed by atoms with Crippen molar-refractivity contribution < 1.29 is 17.1 Å². The molecule has 0 unspecified atom stereocenters. The first-order valence-corrected chi connectivity index (χ1v) is 8.99. The van der Waals surface area contributed by atoms with Crippen LogP contribution in [0.3, 0.4) is 0 Å². The first kappa shape index (κ1) is 26.6. The van der Waals surface area contributed by atoms with Crippen LogP contribution in [0.15, 0.2) is 0 Å². The van der Waals surface area contributed by atoms with Crippen molar-refractivity contribution >= 4 is 58.3 Å². The second-order valence-electron chi connectivity index (χ2n) is 4.51. The maximum Gasteiger partial charge on any atom is 2.00 e. The van der Waals surface area contributed by atoms with Crippen molar-refractivity contribution in [3.8, 4) is 0 Å². The van der Waals surface area contributed by atoms with Crippen LogP contribution in [-0.4, -0.2) is 44.6 Å². The van der Waals surface area contributed by atoms with Crippen LogP contribution >= 0.6 is 24.4 Å². The van der Waals surface area contributed by atoms with Gasteiger partial charge in [-0.15, -0.1) is 0 Å². The largest absolute Gasteiger partial charge is 2.00 e. The normalized spacial score (nSPS) is 8.95. The molecule has 0 aliphatic carbocycles. The maximum absolute atomic E-state index is 4.89. The molecule has 0 aromatic rings. The number of nitrogens with zero attached hydrogens (tertiary/aromatic N) is 2. The van der Waals surface area contributed by atoms with Crippen LogP contribution < -0.4 is 0 Å². The van der Waals surface area contributed by atoms with Gasteiger partial charge in [0.05, 0.1) is 0 Å². The van der Waals surface area contributed by atoms with Gasteiger partial charge in [0.15, 0.2) is 0 Å². The van der Waals surface area contributed by atoms with Gasteiger partial charge >= 0.3 is 17.1 Å². The molecular weight excluding hydrogens is 379 g/mol. The van der Waals surface area contributed by atoms with Crippen molar-refractivity contribution in [1.29, 1.82) is 0 Å². The Hall–Kier alpha value is 0.739. The van der Waals surface area contributed by atoms with Gasteiger partial charge in [-0.1, -0.05) is 36.3 Å². The van der Waals surface area contributed by atoms with E-state index >= 15 is 0 Å². The van der Waals surface area contributed by atoms with E-state index in [-0.39, 0.29) is 17.1 Å². The zero-order valence-electron chi connectivity index (χ0n) is 13.6. The van der Waals surface area contributed by atoms with Gasteiger partial charge < -0.3 is 59.5 Å². The molecule has 21 heavy (non-hydrogen) atoms. The van der Waals surface area contributed by atoms with E-state index in [2.05, 4.69) is 37.5 Å². The molecule has 0 heterocycles. The van der Waals surface area contributed by atoms with Gasteiger partial charge in [-0.3, -0.25) is 0 Å². The van der Waals surface area contributed by atoms with Gasteiger partial charge in [0.1, 0.15) is 0 Å². The van der Waals surface area contributed by atoms with E-state index < -0.39 is 0 Å². The van der Waals surface area contributed by atoms with E-state index in [0.29, 0.717) is 8.64 Å². The van der Waals surface area contributed by atoms with E-state index in [9.17, 15) is 0 Å². The van der Waals surface area contributed by atoms with Crippen LogP contribution in [0.1, 0.15) is 53.4 Å². The second-order valence-corrected chi connectivity index (χ2v) is 6.57. The molecule has 0 aliphatic rings. The Morgan fingerprint density at radius 3 is 0.952 bits per heavy atom. The Kier molecular flexibility index (Phi) is 23.8. The molecular formula is C14H28MnN2S4. The van der Waals surface area contributed by atoms with Crippen molar-refractivity contribution in [3.63, 3.8) is 0 Å². The van der Waals surface area contributed by atoms with E-state index in [0.717, 1.165) is 51.9 Å². The molecule has 0 bridgehead atoms. The smallest absolute Gasteiger partial charge is 0.411 e. The van der Waals surface area contributed by atoms with Crippen molar-refractivity contribution in [2.45, 2.75) is 53.4 Å². The quantitative estimate of drug-likeness (QED) is 0.340. The summed E-state index contributed by atoms with van der Waals surface area (Å²) in [7, 11) is 0. The van der Waals surface area contributed by atoms with Crippen LogP contribution in [0, 0.1) is 0 Å². The fourth-order valence-electron chi connectivity index (χ4n) is 1.67. The van der Waals surface area contributed by atoms with E-state index in [1.807, 2.05) is 0 Å². The summed E-state index contributed by atoms with van der Waals surface area (Å²) in [6, 6.07) is 0. The molecule has 1 radical (unpaired) electrons. The van der Waals surface area contributed by atoms with Crippen molar-refractivity contribution in [3.05, 3.63) is 0 Å². The van der Waals surface area contributed by atoms with Crippen LogP contribution in [0.25, 0.3) is 0 Å². The molecule has 0 fully saturated rings. The van der Waals surface area contributed by atoms with Gasteiger partial charge in [-0.05, 0) is 25.7 Å². The summed E-state index contributed by atoms with van der Waals surface area (Å²) in [5.74, 6) is 0. The Bertz CT molecular complexity index is 227. The molecule has 0 aromatic carbocycles. The molecule has 0 amide bonds. The predicted molar refractivity (Wildman–Crippen MR) is 104 cm³/mol. The summed E-state index contributed by atoms with van der Waals surface area (Å²) in [5.41, 5.74) is 0. The maximum atomic E-state index is 4.89. The second kappa shape index (κ2) is 18.8. The first-order chi connectivity index (χ1) is 9.44. The van der Waals surface area contributed by atoms with Crippen molar-refractivity contribution in [1.82, 2.24) is 9.80 Å². The molecule has 0 atom stereocenters. The molecule has 0 saturated carbocycles. The topological polar surface area (TPSA) is 6.48 Å². The Balaban J connectivity index is -0.000000295. The zero-order chi connectivity index (χ0) is 16.0. The Morgan fingerprint density at radius 2 is 0.857 bits per heavy atom. The molecule has 0 aromatic heterocycles. The van der Waals surface area contributed by atoms with Crippen LogP contribution in [0.4, 0.5) is 0 Å². The first-order valence-electron chi connectivity index (χ1n) is 7.36. The van der Waals surface area contributed by atoms with E-state index in [4.69, 9.17) is 49.7 Å². The molecule has 7 heteroatoms. The third kappa shape index (κ3) is 16.9. The Morgan fingerprint density at radius 1 is 0.667 bits per heavy atom. The molecule has 0 aliphatic heterocycles. The van der Waals surface area contributed by atoms with E-state index in [1.54, 1.807) is 0 Å². The standard InChI is InChI=1S/2C7H15NS2.Mn/c2*1-3-5-8(6-4-2)7(9)10;/h2*3-6H2,1-2H3,(H,9,10);/q;;+2/p-2. The minimum atomic E-state index is 0. The Labute approximate surface area is 164 Å². The minimum absolute atomic E-state index is 0. The van der Waals surface area contributed by atoms with Gasteiger partial charge in [-0.2, -0.15) is 0 Å². The van der Waals surface area contributed by atoms with Crippen molar-refractivity contribution in [2.75, 3.05) is 26.2 Å². The molecule has 2 nitrogen and oxygen atoms in total. The number of hydrogen-bond acceptors (Lipinski definition) is 4. The molecule has 0 spiro atoms. The third-order valence-corrected chi connectivity index (χ3v) is 3.52. The van der Waals surface area contributed by atoms with Gasteiger partial charge in [0.2, 0.25) is 0 Å². The summed E-state index contributed by atoms with van der Waals surface area (Å²) in [6.07, 6.45) is 4.49. The SMILES string of the molecule is CCCN(CCC)C(=S)[S-].CCCN(CCC)C(=S)[S-].[Mn+2]. The van der Waals surface area contributed by atoms with Gasteiger partial charge in [0, 0.05) is 26.2 Å². The number of rotatable bonds is 8. The zero-order valence-corrected chi connectivity index (χ0v) is 18.0.